The molecule has 0 spiro atoms. The number of carbonyl (C=O) groups is 4. The number of ether oxygens (including phenoxy) is 4. The van der Waals surface area contributed by atoms with Gasteiger partial charge < -0.3 is 18.9 Å². The number of carbonyl (C=O) groups excluding carboxylic acids is 4. The highest BCUT2D eigenvalue weighted by atomic mass is 32.2. The Morgan fingerprint density at radius 1 is 0.489 bits per heavy atom. The molecule has 12 rings (SSSR count). The van der Waals surface area contributed by atoms with E-state index in [1.165, 1.54) is 42.0 Å². The summed E-state index contributed by atoms with van der Waals surface area (Å²) in [4.78, 5) is 56.4. The molecule has 0 saturated heterocycles. The number of halogens is 4. The highest BCUT2D eigenvalue weighted by molar-refractivity contribution is 7.97. The largest absolute Gasteiger partial charge is 0.469 e. The number of aromatic nitrogens is 4. The first-order valence-corrected chi connectivity index (χ1v) is 33.5. The molecule has 4 bridgehead atoms. The first-order chi connectivity index (χ1) is 44.1. The predicted molar refractivity (Wildman–Crippen MR) is 329 cm³/mol. The van der Waals surface area contributed by atoms with Gasteiger partial charge in [-0.15, -0.1) is 20.4 Å². The van der Waals surface area contributed by atoms with E-state index in [0.29, 0.717) is 12.8 Å². The quantitative estimate of drug-likeness (QED) is 0.0202. The molecule has 3 fully saturated rings. The van der Waals surface area contributed by atoms with Crippen LogP contribution in [0.4, 0.5) is 17.6 Å². The fourth-order valence-corrected chi connectivity index (χ4v) is 15.9. The molecule has 20 nitrogen and oxygen atoms in total. The monoisotopic (exact) mass is 1340 g/mol. The molecule has 3 saturated carbocycles. The summed E-state index contributed by atoms with van der Waals surface area (Å²) < 4.78 is 130. The molecule has 5 aliphatic rings. The summed E-state index contributed by atoms with van der Waals surface area (Å²) in [5, 5.41) is 8.12. The van der Waals surface area contributed by atoms with Crippen molar-refractivity contribution in [3.63, 3.8) is 0 Å². The molecular formula is C64H62F4N6O14S4+2. The number of allylic oxidation sites excluding steroid dienone is 3. The van der Waals surface area contributed by atoms with Gasteiger partial charge in [0.05, 0.1) is 59.7 Å². The highest BCUT2D eigenvalue weighted by Crippen LogP contribution is 2.59. The Bertz CT molecular complexity index is 3570. The van der Waals surface area contributed by atoms with Crippen molar-refractivity contribution in [2.24, 2.45) is 58.4 Å². The second kappa shape index (κ2) is 31.6. The van der Waals surface area contributed by atoms with Crippen LogP contribution in [-0.4, -0.2) is 114 Å². The van der Waals surface area contributed by atoms with Gasteiger partial charge in [-0.1, -0.05) is 121 Å². The van der Waals surface area contributed by atoms with E-state index >= 15 is 0 Å². The van der Waals surface area contributed by atoms with Crippen LogP contribution in [0, 0.1) is 53.3 Å². The van der Waals surface area contributed by atoms with Crippen molar-refractivity contribution in [3.8, 4) is 0 Å². The third-order valence-corrected chi connectivity index (χ3v) is 21.5. The van der Waals surface area contributed by atoms with Crippen LogP contribution in [0.25, 0.3) is 0 Å². The van der Waals surface area contributed by atoms with Gasteiger partial charge in [0, 0.05) is 18.3 Å². The number of alkyl halides is 4. The standard InChI is InChI=1S/2C18H15S.C14H16F2N2O7S.C12H14F2O7S.C2H2N4/c2*1-4-10-16(11-5-1)19(17-12-6-2-7-13-17)18-14-8-3-9-15-18;1-24-12(19)10-6-2-7(9-4-18-17-3-8(6)9)11(10)13(20)25-5-14(15,16)26(21,22)23;1-20-10(15)8-6-2-3-7(4-6)9(8)11(16)21-5-12(13,14)22(17,18)19;1-3-5-2-6-4-1/h2*1-15H;3-4,6-8,10-11,18H,2,5H2,1H3,(H,21,22,23);2-3,6-9H,4-5H2,1H3,(H,17,18,19);1-2H/q2*+1;;;. The summed E-state index contributed by atoms with van der Waals surface area (Å²) in [5.41, 5.74) is 3.44. The van der Waals surface area contributed by atoms with Crippen molar-refractivity contribution in [2.75, 3.05) is 27.4 Å². The molecule has 9 atom stereocenters. The maximum atomic E-state index is 13.3. The van der Waals surface area contributed by atoms with Gasteiger partial charge in [0.15, 0.2) is 55.2 Å². The Kier molecular flexibility index (Phi) is 23.8. The van der Waals surface area contributed by atoms with Crippen molar-refractivity contribution in [1.29, 1.82) is 0 Å². The van der Waals surface area contributed by atoms with E-state index in [9.17, 15) is 53.6 Å². The summed E-state index contributed by atoms with van der Waals surface area (Å²) in [6, 6.07) is 64.3. The zero-order chi connectivity index (χ0) is 66.1. The molecule has 7 aromatic rings. The number of methoxy groups -OCH3 is 2. The third-order valence-electron chi connectivity index (χ3n) is 15.3. The van der Waals surface area contributed by atoms with Gasteiger partial charge in [0.25, 0.3) is 0 Å². The lowest BCUT2D eigenvalue weighted by molar-refractivity contribution is -0.164. The maximum Gasteiger partial charge on any atom is 0.402 e. The number of nitrogens with zero attached hydrogens (tertiary/aromatic N) is 5. The number of rotatable bonds is 16. The van der Waals surface area contributed by atoms with Crippen molar-refractivity contribution >= 4 is 72.1 Å². The van der Waals surface area contributed by atoms with E-state index in [-0.39, 0.29) is 45.5 Å². The molecule has 9 unspecified atom stereocenters. The smallest absolute Gasteiger partial charge is 0.402 e. The summed E-state index contributed by atoms with van der Waals surface area (Å²) in [6.45, 7) is -3.65. The Hall–Kier alpha value is -8.67. The Morgan fingerprint density at radius 3 is 1.12 bits per heavy atom. The number of fused-ring (bicyclic) bond motifs is 7. The number of esters is 4. The minimum atomic E-state index is -5.73. The normalized spacial score (nSPS) is 21.3. The molecule has 1 aliphatic heterocycles. The van der Waals surface area contributed by atoms with Crippen LogP contribution in [0.2, 0.25) is 0 Å². The molecule has 0 radical (unpaired) electrons. The molecule has 4 aliphatic carbocycles. The first kappa shape index (κ1) is 69.2. The van der Waals surface area contributed by atoms with E-state index in [0.717, 1.165) is 19.8 Å². The molecule has 482 valence electrons. The third kappa shape index (κ3) is 17.1. The van der Waals surface area contributed by atoms with Crippen LogP contribution in [0.3, 0.4) is 0 Å². The molecule has 6 aromatic carbocycles. The van der Waals surface area contributed by atoms with Crippen LogP contribution in [0.1, 0.15) is 12.8 Å². The Labute approximate surface area is 533 Å². The minimum Gasteiger partial charge on any atom is -0.469 e. The second-order valence-electron chi connectivity index (χ2n) is 20.8. The van der Waals surface area contributed by atoms with Crippen molar-refractivity contribution in [2.45, 2.75) is 52.7 Å². The number of hydrazone groups is 1. The SMILES string of the molecule is COC(=O)C1C2C=CC(C2)C1C(=O)OCC(F)(F)S(=O)(=O)O.COC(=O)C1C2CC(C3=CNN=CC32)C1C(=O)OCC(F)(F)S(=O)(=O)O.c1ccc([S+](c2ccccc2)c2ccccc2)cc1.c1ccc([S+](c2ccccc2)c2ccccc2)cc1.c1nncnn1. The topological polar surface area (TPSA) is 290 Å². The van der Waals surface area contributed by atoms with E-state index in [4.69, 9.17) is 13.8 Å². The number of hydrogen-bond donors (Lipinski definition) is 3. The number of hydrogen-bond acceptors (Lipinski definition) is 18. The lowest BCUT2D eigenvalue weighted by Gasteiger charge is -2.34. The van der Waals surface area contributed by atoms with E-state index in [1.54, 1.807) is 24.6 Å². The van der Waals surface area contributed by atoms with Crippen molar-refractivity contribution in [1.82, 2.24) is 25.8 Å². The van der Waals surface area contributed by atoms with Gasteiger partial charge in [-0.2, -0.15) is 39.5 Å². The van der Waals surface area contributed by atoms with Crippen molar-refractivity contribution < 1.29 is 81.6 Å². The van der Waals surface area contributed by atoms with Crippen LogP contribution in [-0.2, 0) is 80.2 Å². The first-order valence-electron chi connectivity index (χ1n) is 28.1. The summed E-state index contributed by atoms with van der Waals surface area (Å²) in [6.07, 6.45) is 10.1. The van der Waals surface area contributed by atoms with E-state index < -0.39 is 97.4 Å². The van der Waals surface area contributed by atoms with Gasteiger partial charge in [-0.3, -0.25) is 33.7 Å². The Morgan fingerprint density at radius 2 is 0.804 bits per heavy atom. The van der Waals surface area contributed by atoms with Gasteiger partial charge in [0.1, 0.15) is 0 Å². The van der Waals surface area contributed by atoms with Crippen LogP contribution < -0.4 is 5.43 Å². The Balaban J connectivity index is 0.000000154. The highest BCUT2D eigenvalue weighted by Gasteiger charge is 2.62. The summed E-state index contributed by atoms with van der Waals surface area (Å²) in [5.74, 6) is -8.92. The molecule has 2 heterocycles. The van der Waals surface area contributed by atoms with Crippen LogP contribution in [0.5, 0.6) is 0 Å². The van der Waals surface area contributed by atoms with E-state index in [1.807, 2.05) is 0 Å². The lowest BCUT2D eigenvalue weighted by atomic mass is 9.71. The number of benzene rings is 6. The molecule has 0 amide bonds. The van der Waals surface area contributed by atoms with Gasteiger partial charge in [-0.05, 0) is 115 Å². The fraction of sp³-hybridized carbons (Fsp3) is 0.266. The fourth-order valence-electron chi connectivity index (χ4n) is 11.3. The summed E-state index contributed by atoms with van der Waals surface area (Å²) in [7, 11) is -9.14. The molecular weight excluding hydrogens is 1280 g/mol. The molecule has 28 heteroatoms. The van der Waals surface area contributed by atoms with Crippen LogP contribution in [0.15, 0.2) is 253 Å². The predicted octanol–water partition coefficient (Wildman–Crippen LogP) is 9.61. The molecule has 1 aromatic heterocycles. The molecule has 92 heavy (non-hydrogen) atoms. The minimum absolute atomic E-state index is 0.0146. The number of nitrogens with one attached hydrogen (secondary N) is 1. The van der Waals surface area contributed by atoms with Gasteiger partial charge in [0.2, 0.25) is 0 Å². The van der Waals surface area contributed by atoms with Crippen molar-refractivity contribution in [3.05, 3.63) is 219 Å². The average molecular weight is 1340 g/mol. The van der Waals surface area contributed by atoms with E-state index in [2.05, 4.69) is 227 Å². The summed E-state index contributed by atoms with van der Waals surface area (Å²) >= 11 is 0. The van der Waals surface area contributed by atoms with Gasteiger partial charge in [-0.25, -0.2) is 0 Å². The molecule has 3 N–H and O–H groups in total. The maximum absolute atomic E-state index is 13.3. The average Bonchev–Trinajstić information content (AvgIpc) is 1.57. The van der Waals surface area contributed by atoms with Crippen LogP contribution >= 0.6 is 0 Å². The van der Waals surface area contributed by atoms with Gasteiger partial charge >= 0.3 is 54.6 Å². The lowest BCUT2D eigenvalue weighted by Crippen LogP contribution is -2.43. The zero-order valence-electron chi connectivity index (χ0n) is 49.0. The second-order valence-corrected chi connectivity index (χ2v) is 28.0. The zero-order valence-corrected chi connectivity index (χ0v) is 52.2.